The minimum absolute atomic E-state index is 0.653. The van der Waals surface area contributed by atoms with Crippen LogP contribution in [0.1, 0.15) is 25.8 Å². The smallest absolute Gasteiger partial charge is 0.0992 e. The van der Waals surface area contributed by atoms with Gasteiger partial charge in [0.2, 0.25) is 0 Å². The summed E-state index contributed by atoms with van der Waals surface area (Å²) < 4.78 is 6.43. The SMILES string of the molecule is CC(C)CCOCCNc1ccc(C#N)cc1Br. The third-order valence-corrected chi connectivity index (χ3v) is 3.16. The number of anilines is 1. The topological polar surface area (TPSA) is 45.0 Å². The summed E-state index contributed by atoms with van der Waals surface area (Å²) in [5.74, 6) is 0.686. The van der Waals surface area contributed by atoms with Gasteiger partial charge in [0.15, 0.2) is 0 Å². The Kier molecular flexibility index (Phi) is 6.77. The van der Waals surface area contributed by atoms with E-state index in [-0.39, 0.29) is 0 Å². The van der Waals surface area contributed by atoms with Gasteiger partial charge in [-0.05, 0) is 46.5 Å². The highest BCUT2D eigenvalue weighted by molar-refractivity contribution is 9.10. The van der Waals surface area contributed by atoms with Crippen LogP contribution in [-0.2, 0) is 4.74 Å². The van der Waals surface area contributed by atoms with Crippen LogP contribution >= 0.6 is 15.9 Å². The Labute approximate surface area is 117 Å². The van der Waals surface area contributed by atoms with E-state index in [4.69, 9.17) is 10.00 Å². The van der Waals surface area contributed by atoms with Gasteiger partial charge in [0.1, 0.15) is 0 Å². The second-order valence-electron chi connectivity index (χ2n) is 4.53. The molecule has 0 saturated heterocycles. The van der Waals surface area contributed by atoms with Crippen molar-refractivity contribution in [2.75, 3.05) is 25.1 Å². The number of rotatable bonds is 7. The van der Waals surface area contributed by atoms with E-state index in [0.717, 1.165) is 29.7 Å². The maximum absolute atomic E-state index is 8.76. The van der Waals surface area contributed by atoms with E-state index >= 15 is 0 Å². The van der Waals surface area contributed by atoms with E-state index in [2.05, 4.69) is 41.2 Å². The predicted molar refractivity (Wildman–Crippen MR) is 77.6 cm³/mol. The average Bonchev–Trinajstić information content (AvgIpc) is 2.34. The molecule has 0 aliphatic carbocycles. The zero-order valence-corrected chi connectivity index (χ0v) is 12.5. The molecule has 1 N–H and O–H groups in total. The molecule has 0 unspecified atom stereocenters. The van der Waals surface area contributed by atoms with Gasteiger partial charge in [-0.2, -0.15) is 5.26 Å². The first kappa shape index (κ1) is 15.0. The molecule has 1 aromatic carbocycles. The molecule has 0 fully saturated rings. The van der Waals surface area contributed by atoms with E-state index < -0.39 is 0 Å². The molecule has 0 saturated carbocycles. The van der Waals surface area contributed by atoms with Crippen LogP contribution in [0.25, 0.3) is 0 Å². The van der Waals surface area contributed by atoms with Crippen molar-refractivity contribution in [2.24, 2.45) is 5.92 Å². The molecule has 0 bridgehead atoms. The van der Waals surface area contributed by atoms with Gasteiger partial charge in [-0.25, -0.2) is 0 Å². The van der Waals surface area contributed by atoms with Gasteiger partial charge < -0.3 is 10.1 Å². The monoisotopic (exact) mass is 310 g/mol. The summed E-state index contributed by atoms with van der Waals surface area (Å²) >= 11 is 3.44. The van der Waals surface area contributed by atoms with E-state index in [1.54, 1.807) is 6.07 Å². The largest absolute Gasteiger partial charge is 0.382 e. The Hall–Kier alpha value is -1.05. The first-order chi connectivity index (χ1) is 8.63. The Morgan fingerprint density at radius 1 is 1.39 bits per heavy atom. The van der Waals surface area contributed by atoms with Crippen molar-refractivity contribution in [1.29, 1.82) is 5.26 Å². The number of ether oxygens (including phenoxy) is 1. The second kappa shape index (κ2) is 8.12. The third-order valence-electron chi connectivity index (χ3n) is 2.50. The molecule has 1 aromatic rings. The zero-order chi connectivity index (χ0) is 13.4. The van der Waals surface area contributed by atoms with Crippen LogP contribution in [0.2, 0.25) is 0 Å². The lowest BCUT2D eigenvalue weighted by Gasteiger charge is -2.10. The first-order valence-electron chi connectivity index (χ1n) is 6.14. The lowest BCUT2D eigenvalue weighted by Crippen LogP contribution is -2.11. The van der Waals surface area contributed by atoms with Crippen molar-refractivity contribution in [1.82, 2.24) is 0 Å². The Morgan fingerprint density at radius 2 is 2.17 bits per heavy atom. The molecule has 0 atom stereocenters. The van der Waals surface area contributed by atoms with Gasteiger partial charge >= 0.3 is 0 Å². The van der Waals surface area contributed by atoms with Crippen molar-refractivity contribution >= 4 is 21.6 Å². The highest BCUT2D eigenvalue weighted by Gasteiger charge is 2.00. The number of nitriles is 1. The summed E-state index contributed by atoms with van der Waals surface area (Å²) in [6, 6.07) is 7.61. The van der Waals surface area contributed by atoms with Gasteiger partial charge in [-0.15, -0.1) is 0 Å². The summed E-state index contributed by atoms with van der Waals surface area (Å²) in [6.45, 7) is 6.65. The van der Waals surface area contributed by atoms with Crippen LogP contribution in [0.4, 0.5) is 5.69 Å². The number of benzene rings is 1. The minimum atomic E-state index is 0.653. The van der Waals surface area contributed by atoms with Crippen LogP contribution in [-0.4, -0.2) is 19.8 Å². The van der Waals surface area contributed by atoms with E-state index in [9.17, 15) is 0 Å². The Balaban J connectivity index is 2.25. The molecule has 4 heteroatoms. The number of hydrogen-bond acceptors (Lipinski definition) is 3. The summed E-state index contributed by atoms with van der Waals surface area (Å²) in [5.41, 5.74) is 1.64. The molecular formula is C14H19BrN2O. The van der Waals surface area contributed by atoms with E-state index in [1.807, 2.05) is 12.1 Å². The fourth-order valence-corrected chi connectivity index (χ4v) is 1.93. The van der Waals surface area contributed by atoms with Crippen LogP contribution in [0.15, 0.2) is 22.7 Å². The molecule has 0 aliphatic rings. The van der Waals surface area contributed by atoms with Gasteiger partial charge in [-0.1, -0.05) is 13.8 Å². The molecule has 0 aromatic heterocycles. The zero-order valence-electron chi connectivity index (χ0n) is 10.9. The van der Waals surface area contributed by atoms with Crippen molar-refractivity contribution in [3.8, 4) is 6.07 Å². The normalized spacial score (nSPS) is 10.4. The molecular weight excluding hydrogens is 292 g/mol. The molecule has 0 spiro atoms. The van der Waals surface area contributed by atoms with E-state index in [0.29, 0.717) is 18.1 Å². The fraction of sp³-hybridized carbons (Fsp3) is 0.500. The number of halogens is 1. The van der Waals surface area contributed by atoms with Crippen LogP contribution in [0.5, 0.6) is 0 Å². The summed E-state index contributed by atoms with van der Waals surface area (Å²) in [7, 11) is 0. The van der Waals surface area contributed by atoms with Crippen molar-refractivity contribution in [2.45, 2.75) is 20.3 Å². The fourth-order valence-electron chi connectivity index (χ4n) is 1.41. The summed E-state index contributed by atoms with van der Waals surface area (Å²) in [4.78, 5) is 0. The van der Waals surface area contributed by atoms with Gasteiger partial charge in [0.05, 0.1) is 18.2 Å². The quantitative estimate of drug-likeness (QED) is 0.779. The highest BCUT2D eigenvalue weighted by Crippen LogP contribution is 2.23. The molecule has 3 nitrogen and oxygen atoms in total. The minimum Gasteiger partial charge on any atom is -0.382 e. The van der Waals surface area contributed by atoms with Gasteiger partial charge in [-0.3, -0.25) is 0 Å². The van der Waals surface area contributed by atoms with Crippen molar-refractivity contribution < 1.29 is 4.74 Å². The van der Waals surface area contributed by atoms with Crippen molar-refractivity contribution in [3.05, 3.63) is 28.2 Å². The van der Waals surface area contributed by atoms with Gasteiger partial charge in [0, 0.05) is 23.3 Å². The number of nitrogens with zero attached hydrogens (tertiary/aromatic N) is 1. The Morgan fingerprint density at radius 3 is 2.78 bits per heavy atom. The lowest BCUT2D eigenvalue weighted by atomic mass is 10.1. The maximum atomic E-state index is 8.76. The molecule has 0 amide bonds. The van der Waals surface area contributed by atoms with Crippen molar-refractivity contribution in [3.63, 3.8) is 0 Å². The van der Waals surface area contributed by atoms with Crippen LogP contribution in [0.3, 0.4) is 0 Å². The standard InChI is InChI=1S/C14H19BrN2O/c1-11(2)5-7-18-8-6-17-14-4-3-12(10-16)9-13(14)15/h3-4,9,11,17H,5-8H2,1-2H3. The average molecular weight is 311 g/mol. The molecule has 98 valence electrons. The predicted octanol–water partition coefficient (Wildman–Crippen LogP) is 3.80. The molecule has 0 radical (unpaired) electrons. The number of nitrogens with one attached hydrogen (secondary N) is 1. The maximum Gasteiger partial charge on any atom is 0.0992 e. The van der Waals surface area contributed by atoms with Crippen LogP contribution < -0.4 is 5.32 Å². The molecule has 0 heterocycles. The first-order valence-corrected chi connectivity index (χ1v) is 6.94. The summed E-state index contributed by atoms with van der Waals surface area (Å²) in [6.07, 6.45) is 1.10. The lowest BCUT2D eigenvalue weighted by molar-refractivity contribution is 0.132. The second-order valence-corrected chi connectivity index (χ2v) is 5.38. The molecule has 1 rings (SSSR count). The highest BCUT2D eigenvalue weighted by atomic mass is 79.9. The molecule has 0 aliphatic heterocycles. The van der Waals surface area contributed by atoms with Crippen LogP contribution in [0, 0.1) is 17.2 Å². The third kappa shape index (κ3) is 5.52. The van der Waals surface area contributed by atoms with E-state index in [1.165, 1.54) is 0 Å². The molecule has 18 heavy (non-hydrogen) atoms. The van der Waals surface area contributed by atoms with Gasteiger partial charge in [0.25, 0.3) is 0 Å². The summed E-state index contributed by atoms with van der Waals surface area (Å²) in [5, 5.41) is 12.0. The number of hydrogen-bond donors (Lipinski definition) is 1. The Bertz CT molecular complexity index is 413.